The molecule has 0 unspecified atom stereocenters. The molecule has 150 valence electrons. The van der Waals surface area contributed by atoms with Gasteiger partial charge in [-0.25, -0.2) is 0 Å². The Hall–Kier alpha value is -2.32. The monoisotopic (exact) mass is 420 g/mol. The summed E-state index contributed by atoms with van der Waals surface area (Å²) >= 11 is 3.10. The Kier molecular flexibility index (Phi) is 9.57. The number of carbonyl (C=O) groups excluding carboxylic acids is 2. The molecule has 6 nitrogen and oxygen atoms in total. The summed E-state index contributed by atoms with van der Waals surface area (Å²) < 4.78 is 0. The van der Waals surface area contributed by atoms with E-state index < -0.39 is 0 Å². The van der Waals surface area contributed by atoms with Gasteiger partial charge in [-0.15, -0.1) is 23.5 Å². The molecule has 0 heterocycles. The zero-order chi connectivity index (χ0) is 20.2. The minimum atomic E-state index is -0.0524. The SMILES string of the molecule is O=C(CCSc1ccc(O)cc1)NCCNC(=O)CCSc1ccc(O)cc1. The molecule has 0 aromatic heterocycles. The number of rotatable bonds is 11. The summed E-state index contributed by atoms with van der Waals surface area (Å²) in [6, 6.07) is 13.7. The van der Waals surface area contributed by atoms with Crippen LogP contribution < -0.4 is 10.6 Å². The van der Waals surface area contributed by atoms with Crippen molar-refractivity contribution < 1.29 is 19.8 Å². The van der Waals surface area contributed by atoms with Gasteiger partial charge in [0.25, 0.3) is 0 Å². The van der Waals surface area contributed by atoms with Crippen LogP contribution in [0.2, 0.25) is 0 Å². The molecule has 0 radical (unpaired) electrons. The highest BCUT2D eigenvalue weighted by Crippen LogP contribution is 2.22. The molecule has 2 rings (SSSR count). The van der Waals surface area contributed by atoms with Crippen molar-refractivity contribution in [2.75, 3.05) is 24.6 Å². The van der Waals surface area contributed by atoms with Gasteiger partial charge in [0.15, 0.2) is 0 Å². The first kappa shape index (κ1) is 22.0. The second kappa shape index (κ2) is 12.2. The first-order valence-electron chi connectivity index (χ1n) is 8.90. The Labute approximate surface area is 173 Å². The summed E-state index contributed by atoms with van der Waals surface area (Å²) in [6.07, 6.45) is 0.783. The fourth-order valence-electron chi connectivity index (χ4n) is 2.19. The van der Waals surface area contributed by atoms with Gasteiger partial charge in [0.1, 0.15) is 11.5 Å². The Morgan fingerprint density at radius 1 is 0.679 bits per heavy atom. The Morgan fingerprint density at radius 2 is 1.04 bits per heavy atom. The van der Waals surface area contributed by atoms with Crippen molar-refractivity contribution in [2.45, 2.75) is 22.6 Å². The normalized spacial score (nSPS) is 10.4. The Balaban J connectivity index is 1.48. The van der Waals surface area contributed by atoms with E-state index in [1.807, 2.05) is 24.3 Å². The van der Waals surface area contributed by atoms with Crippen LogP contribution >= 0.6 is 23.5 Å². The molecule has 2 aromatic carbocycles. The molecule has 0 aliphatic rings. The number of aromatic hydroxyl groups is 2. The first-order valence-corrected chi connectivity index (χ1v) is 10.9. The summed E-state index contributed by atoms with van der Waals surface area (Å²) in [5.41, 5.74) is 0. The molecule has 0 aliphatic heterocycles. The molecule has 0 fully saturated rings. The number of thioether (sulfide) groups is 2. The zero-order valence-electron chi connectivity index (χ0n) is 15.4. The van der Waals surface area contributed by atoms with Crippen molar-refractivity contribution in [1.82, 2.24) is 10.6 Å². The Morgan fingerprint density at radius 3 is 1.39 bits per heavy atom. The molecule has 4 N–H and O–H groups in total. The average Bonchev–Trinajstić information content (AvgIpc) is 2.68. The standard InChI is InChI=1S/C20H24N2O4S2/c23-15-1-5-17(6-2-15)27-13-9-19(25)21-11-12-22-20(26)10-14-28-18-7-3-16(24)4-8-18/h1-8,23-24H,9-14H2,(H,21,25)(H,22,26). The van der Waals surface area contributed by atoms with E-state index in [2.05, 4.69) is 10.6 Å². The third-order valence-electron chi connectivity index (χ3n) is 3.64. The van der Waals surface area contributed by atoms with Crippen LogP contribution in [0.4, 0.5) is 0 Å². The first-order chi connectivity index (χ1) is 13.5. The van der Waals surface area contributed by atoms with Gasteiger partial charge >= 0.3 is 0 Å². The molecule has 0 bridgehead atoms. The molecular formula is C20H24N2O4S2. The molecule has 0 saturated carbocycles. The fraction of sp³-hybridized carbons (Fsp3) is 0.300. The third kappa shape index (κ3) is 9.05. The second-order valence-corrected chi connectivity index (χ2v) is 8.22. The van der Waals surface area contributed by atoms with Crippen LogP contribution in [-0.4, -0.2) is 46.6 Å². The number of carbonyl (C=O) groups is 2. The predicted octanol–water partition coefficient (Wildman–Crippen LogP) is 2.99. The number of hydrogen-bond donors (Lipinski definition) is 4. The lowest BCUT2D eigenvalue weighted by Crippen LogP contribution is -2.34. The minimum Gasteiger partial charge on any atom is -0.508 e. The largest absolute Gasteiger partial charge is 0.508 e. The predicted molar refractivity (Wildman–Crippen MR) is 113 cm³/mol. The van der Waals surface area contributed by atoms with Gasteiger partial charge in [-0.2, -0.15) is 0 Å². The highest BCUT2D eigenvalue weighted by molar-refractivity contribution is 7.99. The maximum Gasteiger partial charge on any atom is 0.220 e. The summed E-state index contributed by atoms with van der Waals surface area (Å²) in [7, 11) is 0. The third-order valence-corrected chi connectivity index (χ3v) is 5.67. The molecule has 0 spiro atoms. The van der Waals surface area contributed by atoms with E-state index in [4.69, 9.17) is 0 Å². The molecular weight excluding hydrogens is 396 g/mol. The van der Waals surface area contributed by atoms with Crippen molar-refractivity contribution in [1.29, 1.82) is 0 Å². The van der Waals surface area contributed by atoms with Gasteiger partial charge in [0.05, 0.1) is 0 Å². The van der Waals surface area contributed by atoms with E-state index in [0.717, 1.165) is 9.79 Å². The van der Waals surface area contributed by atoms with Crippen LogP contribution in [0.3, 0.4) is 0 Å². The van der Waals surface area contributed by atoms with Gasteiger partial charge < -0.3 is 20.8 Å². The van der Waals surface area contributed by atoms with Crippen LogP contribution in [0.25, 0.3) is 0 Å². The smallest absolute Gasteiger partial charge is 0.220 e. The van der Waals surface area contributed by atoms with E-state index in [-0.39, 0.29) is 23.3 Å². The summed E-state index contributed by atoms with van der Waals surface area (Å²) in [5.74, 6) is 1.65. The van der Waals surface area contributed by atoms with E-state index >= 15 is 0 Å². The fourth-order valence-corrected chi connectivity index (χ4v) is 3.89. The maximum atomic E-state index is 11.8. The van der Waals surface area contributed by atoms with Crippen molar-refractivity contribution in [3.05, 3.63) is 48.5 Å². The van der Waals surface area contributed by atoms with Crippen molar-refractivity contribution >= 4 is 35.3 Å². The lowest BCUT2D eigenvalue weighted by atomic mass is 10.3. The van der Waals surface area contributed by atoms with Gasteiger partial charge in [0.2, 0.25) is 11.8 Å². The molecule has 0 saturated heterocycles. The highest BCUT2D eigenvalue weighted by Gasteiger charge is 2.04. The van der Waals surface area contributed by atoms with E-state index in [1.165, 1.54) is 0 Å². The second-order valence-electron chi connectivity index (χ2n) is 5.88. The van der Waals surface area contributed by atoms with Crippen molar-refractivity contribution in [3.63, 3.8) is 0 Å². The van der Waals surface area contributed by atoms with E-state index in [1.54, 1.807) is 47.8 Å². The average molecular weight is 421 g/mol. The molecule has 0 aliphatic carbocycles. The summed E-state index contributed by atoms with van der Waals surface area (Å²) in [5, 5.41) is 24.0. The lowest BCUT2D eigenvalue weighted by Gasteiger charge is -2.07. The van der Waals surface area contributed by atoms with Gasteiger partial charge in [-0.05, 0) is 48.5 Å². The van der Waals surface area contributed by atoms with Crippen LogP contribution in [-0.2, 0) is 9.59 Å². The lowest BCUT2D eigenvalue weighted by molar-refractivity contribution is -0.122. The number of hydrogen-bond acceptors (Lipinski definition) is 6. The van der Waals surface area contributed by atoms with Gasteiger partial charge in [-0.1, -0.05) is 0 Å². The van der Waals surface area contributed by atoms with Crippen molar-refractivity contribution in [2.24, 2.45) is 0 Å². The number of phenols is 2. The molecule has 8 heteroatoms. The van der Waals surface area contributed by atoms with Crippen LogP contribution in [0.15, 0.2) is 58.3 Å². The van der Waals surface area contributed by atoms with E-state index in [9.17, 15) is 19.8 Å². The summed E-state index contributed by atoms with van der Waals surface area (Å²) in [4.78, 5) is 25.6. The highest BCUT2D eigenvalue weighted by atomic mass is 32.2. The minimum absolute atomic E-state index is 0.0524. The topological polar surface area (TPSA) is 98.7 Å². The van der Waals surface area contributed by atoms with Crippen LogP contribution in [0.1, 0.15) is 12.8 Å². The zero-order valence-corrected chi connectivity index (χ0v) is 17.0. The number of benzene rings is 2. The molecule has 2 aromatic rings. The van der Waals surface area contributed by atoms with Crippen LogP contribution in [0, 0.1) is 0 Å². The molecule has 2 amide bonds. The number of amides is 2. The quantitative estimate of drug-likeness (QED) is 0.330. The van der Waals surface area contributed by atoms with Gasteiger partial charge in [-0.3, -0.25) is 9.59 Å². The summed E-state index contributed by atoms with van der Waals surface area (Å²) in [6.45, 7) is 0.805. The number of nitrogens with one attached hydrogen (secondary N) is 2. The molecule has 28 heavy (non-hydrogen) atoms. The van der Waals surface area contributed by atoms with E-state index in [0.29, 0.717) is 37.4 Å². The Bertz CT molecular complexity index is 686. The number of phenolic OH excluding ortho intramolecular Hbond substituents is 2. The van der Waals surface area contributed by atoms with Crippen molar-refractivity contribution in [3.8, 4) is 11.5 Å². The van der Waals surface area contributed by atoms with Crippen LogP contribution in [0.5, 0.6) is 11.5 Å². The molecule has 0 atom stereocenters. The maximum absolute atomic E-state index is 11.8. The van der Waals surface area contributed by atoms with Gasteiger partial charge in [0, 0.05) is 47.2 Å².